The molecule has 0 aliphatic heterocycles. The summed E-state index contributed by atoms with van der Waals surface area (Å²) in [5.74, 6) is -0.199. The van der Waals surface area contributed by atoms with Crippen LogP contribution in [0.1, 0.15) is 6.92 Å². The van der Waals surface area contributed by atoms with E-state index in [0.717, 1.165) is 0 Å². The molecule has 1 unspecified atom stereocenters. The molecule has 0 heterocycles. The normalized spacial score (nSPS) is 15.6. The zero-order chi connectivity index (χ0) is 4.28. The minimum Gasteiger partial charge on any atom is -0.318 e. The van der Waals surface area contributed by atoms with Gasteiger partial charge < -0.3 is 5.73 Å². The fraction of sp³-hybridized carbons (Fsp3) is 1.00. The van der Waals surface area contributed by atoms with Crippen molar-refractivity contribution < 1.29 is 4.57 Å². The van der Waals surface area contributed by atoms with Crippen molar-refractivity contribution in [3.05, 3.63) is 0 Å². The Kier molecular flexibility index (Phi) is 2.33. The van der Waals surface area contributed by atoms with Crippen LogP contribution in [0.2, 0.25) is 0 Å². The van der Waals surface area contributed by atoms with Crippen molar-refractivity contribution in [2.45, 2.75) is 12.7 Å². The van der Waals surface area contributed by atoms with E-state index in [0.29, 0.717) is 0 Å². The van der Waals surface area contributed by atoms with Crippen LogP contribution in [0, 0.1) is 0 Å². The molecule has 5 heavy (non-hydrogen) atoms. The molecule has 0 saturated heterocycles. The first-order chi connectivity index (χ1) is 2.27. The van der Waals surface area contributed by atoms with Gasteiger partial charge in [-0.3, -0.25) is 4.57 Å². The molecule has 0 rings (SSSR count). The number of hydrogen-bond acceptors (Lipinski definition) is 2. The van der Waals surface area contributed by atoms with E-state index in [9.17, 15) is 4.57 Å². The van der Waals surface area contributed by atoms with Crippen molar-refractivity contribution >= 4 is 8.46 Å². The van der Waals surface area contributed by atoms with Gasteiger partial charge in [-0.1, -0.05) is 0 Å². The first kappa shape index (κ1) is 5.06. The minimum atomic E-state index is -0.199. The summed E-state index contributed by atoms with van der Waals surface area (Å²) in [7, 11) is 0.0247. The maximum absolute atomic E-state index is 9.48. The molecule has 2 nitrogen and oxygen atoms in total. The molecule has 0 fully saturated rings. The van der Waals surface area contributed by atoms with Gasteiger partial charge in [0.2, 0.25) is 0 Å². The van der Waals surface area contributed by atoms with E-state index >= 15 is 0 Å². The van der Waals surface area contributed by atoms with Crippen LogP contribution >= 0.6 is 8.46 Å². The third-order valence-electron chi connectivity index (χ3n) is 0.166. The van der Waals surface area contributed by atoms with Crippen molar-refractivity contribution in [1.82, 2.24) is 0 Å². The molecule has 30 valence electrons. The van der Waals surface area contributed by atoms with E-state index in [1.54, 1.807) is 6.92 Å². The lowest BCUT2D eigenvalue weighted by molar-refractivity contribution is 0.593. The van der Waals surface area contributed by atoms with Gasteiger partial charge in [0.15, 0.2) is 8.46 Å². The van der Waals surface area contributed by atoms with Crippen LogP contribution in [0.5, 0.6) is 0 Å². The molecule has 0 amide bonds. The van der Waals surface area contributed by atoms with E-state index in [1.807, 2.05) is 0 Å². The Morgan fingerprint density at radius 1 is 2.00 bits per heavy atom. The number of hydrogen-bond donors (Lipinski definition) is 1. The molecule has 0 aromatic rings. The maximum atomic E-state index is 9.48. The van der Waals surface area contributed by atoms with Gasteiger partial charge in [0.1, 0.15) is 0 Å². The summed E-state index contributed by atoms with van der Waals surface area (Å²) in [5, 5.41) is 0. The Balaban J connectivity index is 2.83. The predicted octanol–water partition coefficient (Wildman–Crippen LogP) is 0.583. The zero-order valence-corrected chi connectivity index (χ0v) is 3.90. The fourth-order valence-corrected chi connectivity index (χ4v) is 0. The topological polar surface area (TPSA) is 43.1 Å². The average Bonchev–Trinajstić information content (AvgIpc) is 1.38. The molecule has 2 N–H and O–H groups in total. The summed E-state index contributed by atoms with van der Waals surface area (Å²) in [6, 6.07) is 0. The first-order valence-corrected chi connectivity index (χ1v) is 2.23. The monoisotopic (exact) mass is 91.0 g/mol. The van der Waals surface area contributed by atoms with Gasteiger partial charge in [-0.25, -0.2) is 0 Å². The number of rotatable bonds is 1. The molecule has 3 heteroatoms. The SMILES string of the molecule is CC(N)P=O. The van der Waals surface area contributed by atoms with Gasteiger partial charge in [-0.2, -0.15) is 0 Å². The second-order valence-electron chi connectivity index (χ2n) is 0.846. The van der Waals surface area contributed by atoms with E-state index in [-0.39, 0.29) is 14.2 Å². The van der Waals surface area contributed by atoms with Crippen molar-refractivity contribution in [2.75, 3.05) is 0 Å². The van der Waals surface area contributed by atoms with Crippen LogP contribution in [0.25, 0.3) is 0 Å². The van der Waals surface area contributed by atoms with Gasteiger partial charge in [0, 0.05) is 0 Å². The fourth-order valence-electron chi connectivity index (χ4n) is 0. The highest BCUT2D eigenvalue weighted by Gasteiger charge is 1.81. The van der Waals surface area contributed by atoms with Crippen molar-refractivity contribution in [3.63, 3.8) is 0 Å². The third-order valence-corrected chi connectivity index (χ3v) is 0.499. The smallest absolute Gasteiger partial charge is 0.173 e. The largest absolute Gasteiger partial charge is 0.318 e. The molecular weight excluding hydrogens is 85.0 g/mol. The molecule has 0 radical (unpaired) electrons. The summed E-state index contributed by atoms with van der Waals surface area (Å²) in [6.07, 6.45) is 0. The van der Waals surface area contributed by atoms with Gasteiger partial charge >= 0.3 is 0 Å². The summed E-state index contributed by atoms with van der Waals surface area (Å²) in [4.78, 5) is 0. The molecule has 0 aliphatic carbocycles. The minimum absolute atomic E-state index is 0.0247. The highest BCUT2D eigenvalue weighted by molar-refractivity contribution is 7.24. The van der Waals surface area contributed by atoms with Crippen LogP contribution in [0.4, 0.5) is 0 Å². The van der Waals surface area contributed by atoms with Gasteiger partial charge in [-0.05, 0) is 6.92 Å². The summed E-state index contributed by atoms with van der Waals surface area (Å²) in [5.41, 5.74) is 4.97. The van der Waals surface area contributed by atoms with E-state index in [4.69, 9.17) is 5.73 Å². The molecule has 0 aliphatic rings. The lowest BCUT2D eigenvalue weighted by atomic mass is 10.8. The average molecular weight is 91.0 g/mol. The lowest BCUT2D eigenvalue weighted by Crippen LogP contribution is -2.03. The highest BCUT2D eigenvalue weighted by Crippen LogP contribution is 1.92. The summed E-state index contributed by atoms with van der Waals surface area (Å²) in [6.45, 7) is 1.68. The van der Waals surface area contributed by atoms with Gasteiger partial charge in [0.05, 0.1) is 5.78 Å². The highest BCUT2D eigenvalue weighted by atomic mass is 31.1. The molecular formula is C2H6NOP. The summed E-state index contributed by atoms with van der Waals surface area (Å²) >= 11 is 0. The Bertz CT molecular complexity index is 36.6. The molecule has 0 aromatic heterocycles. The van der Waals surface area contributed by atoms with Crippen LogP contribution < -0.4 is 5.73 Å². The van der Waals surface area contributed by atoms with Crippen molar-refractivity contribution in [2.24, 2.45) is 5.73 Å². The Morgan fingerprint density at radius 3 is 2.20 bits per heavy atom. The summed E-state index contributed by atoms with van der Waals surface area (Å²) < 4.78 is 9.48. The van der Waals surface area contributed by atoms with E-state index < -0.39 is 0 Å². The van der Waals surface area contributed by atoms with Gasteiger partial charge in [0.25, 0.3) is 0 Å². The third kappa shape index (κ3) is 4.06. The standard InChI is InChI=1S/C2H6NOP/c1-2(3)5-4/h2H,3H2,1H3. The molecule has 0 aromatic carbocycles. The quantitative estimate of drug-likeness (QED) is 0.479. The number of nitrogens with two attached hydrogens (primary N) is 1. The van der Waals surface area contributed by atoms with Gasteiger partial charge in [-0.15, -0.1) is 0 Å². The van der Waals surface area contributed by atoms with Crippen LogP contribution in [-0.4, -0.2) is 5.78 Å². The molecule has 0 bridgehead atoms. The van der Waals surface area contributed by atoms with Crippen molar-refractivity contribution in [1.29, 1.82) is 0 Å². The van der Waals surface area contributed by atoms with Crippen LogP contribution in [0.3, 0.4) is 0 Å². The first-order valence-electron chi connectivity index (χ1n) is 1.35. The Hall–Kier alpha value is 0.0600. The predicted molar refractivity (Wildman–Crippen MR) is 21.3 cm³/mol. The molecule has 0 saturated carbocycles. The second-order valence-corrected chi connectivity index (χ2v) is 1.87. The molecule has 0 spiro atoms. The van der Waals surface area contributed by atoms with Crippen LogP contribution in [0.15, 0.2) is 0 Å². The molecule has 1 atom stereocenters. The Labute approximate surface area is 32.6 Å². The lowest BCUT2D eigenvalue weighted by Gasteiger charge is -1.78. The van der Waals surface area contributed by atoms with Crippen LogP contribution in [-0.2, 0) is 4.57 Å². The maximum Gasteiger partial charge on any atom is 0.173 e. The zero-order valence-electron chi connectivity index (χ0n) is 3.01. The Morgan fingerprint density at radius 2 is 2.20 bits per heavy atom. The van der Waals surface area contributed by atoms with E-state index in [2.05, 4.69) is 0 Å². The second kappa shape index (κ2) is 2.31. The van der Waals surface area contributed by atoms with E-state index in [1.165, 1.54) is 0 Å². The van der Waals surface area contributed by atoms with Crippen molar-refractivity contribution in [3.8, 4) is 0 Å².